The standard InChI is InChI=1S/C26H32F2N2/c1-2-16-30(18-14-21-8-4-3-5-9-21)17-7-15-26(20-29,22-10-6-11-22)23-12-13-24(27)25(28)19-23/h3-5,8-9,12-13,19,22H,2,6-7,10-11,14-18H2,1H3. The zero-order chi connectivity index (χ0) is 21.4. The molecule has 1 atom stereocenters. The largest absolute Gasteiger partial charge is 0.303 e. The molecule has 2 aromatic rings. The molecule has 1 unspecified atom stereocenters. The molecular weight excluding hydrogens is 378 g/mol. The van der Waals surface area contributed by atoms with E-state index in [2.05, 4.69) is 42.2 Å². The summed E-state index contributed by atoms with van der Waals surface area (Å²) in [6.45, 7) is 5.12. The van der Waals surface area contributed by atoms with Crippen molar-refractivity contribution in [2.45, 2.75) is 57.3 Å². The monoisotopic (exact) mass is 410 g/mol. The average Bonchev–Trinajstić information content (AvgIpc) is 2.72. The number of halogens is 2. The highest BCUT2D eigenvalue weighted by Gasteiger charge is 2.43. The van der Waals surface area contributed by atoms with Gasteiger partial charge in [-0.25, -0.2) is 8.78 Å². The summed E-state index contributed by atoms with van der Waals surface area (Å²) in [7, 11) is 0. The van der Waals surface area contributed by atoms with E-state index in [9.17, 15) is 14.0 Å². The van der Waals surface area contributed by atoms with Gasteiger partial charge >= 0.3 is 0 Å². The van der Waals surface area contributed by atoms with E-state index in [1.807, 2.05) is 6.07 Å². The second kappa shape index (κ2) is 10.7. The van der Waals surface area contributed by atoms with E-state index in [1.54, 1.807) is 6.07 Å². The third kappa shape index (κ3) is 5.26. The van der Waals surface area contributed by atoms with Crippen LogP contribution >= 0.6 is 0 Å². The van der Waals surface area contributed by atoms with Crippen LogP contribution in [0.1, 0.15) is 56.6 Å². The van der Waals surface area contributed by atoms with E-state index in [0.29, 0.717) is 12.0 Å². The van der Waals surface area contributed by atoms with Crippen LogP contribution in [0.4, 0.5) is 8.78 Å². The number of benzene rings is 2. The molecular formula is C26H32F2N2. The summed E-state index contributed by atoms with van der Waals surface area (Å²) >= 11 is 0. The summed E-state index contributed by atoms with van der Waals surface area (Å²) in [6, 6.07) is 17.0. The Morgan fingerprint density at radius 3 is 2.40 bits per heavy atom. The highest BCUT2D eigenvalue weighted by Crippen LogP contribution is 2.47. The van der Waals surface area contributed by atoms with E-state index in [-0.39, 0.29) is 5.92 Å². The van der Waals surface area contributed by atoms with Crippen LogP contribution in [-0.2, 0) is 11.8 Å². The number of nitrogens with zero attached hydrogens (tertiary/aromatic N) is 2. The minimum Gasteiger partial charge on any atom is -0.303 e. The minimum atomic E-state index is -0.859. The smallest absolute Gasteiger partial charge is 0.159 e. The van der Waals surface area contributed by atoms with Crippen molar-refractivity contribution in [3.05, 3.63) is 71.3 Å². The van der Waals surface area contributed by atoms with E-state index >= 15 is 0 Å². The molecule has 3 rings (SSSR count). The third-order valence-corrected chi connectivity index (χ3v) is 6.58. The Balaban J connectivity index is 1.66. The van der Waals surface area contributed by atoms with Gasteiger partial charge in [-0.3, -0.25) is 0 Å². The topological polar surface area (TPSA) is 27.0 Å². The van der Waals surface area contributed by atoms with Crippen molar-refractivity contribution in [2.75, 3.05) is 19.6 Å². The molecule has 0 radical (unpaired) electrons. The Morgan fingerprint density at radius 1 is 1.03 bits per heavy atom. The molecule has 0 spiro atoms. The molecule has 1 saturated carbocycles. The van der Waals surface area contributed by atoms with E-state index < -0.39 is 17.0 Å². The Morgan fingerprint density at radius 2 is 1.80 bits per heavy atom. The Kier molecular flexibility index (Phi) is 7.99. The van der Waals surface area contributed by atoms with Gasteiger partial charge in [0.25, 0.3) is 0 Å². The predicted octanol–water partition coefficient (Wildman–Crippen LogP) is 6.26. The first-order chi connectivity index (χ1) is 14.6. The zero-order valence-corrected chi connectivity index (χ0v) is 17.9. The molecule has 0 saturated heterocycles. The number of nitriles is 1. The minimum absolute atomic E-state index is 0.233. The fraction of sp³-hybridized carbons (Fsp3) is 0.500. The lowest BCUT2D eigenvalue weighted by Gasteiger charge is -2.41. The van der Waals surface area contributed by atoms with Crippen LogP contribution < -0.4 is 0 Å². The lowest BCUT2D eigenvalue weighted by Crippen LogP contribution is -2.39. The number of hydrogen-bond donors (Lipinski definition) is 0. The van der Waals surface area contributed by atoms with E-state index in [1.165, 1.54) is 17.7 Å². The molecule has 2 nitrogen and oxygen atoms in total. The quantitative estimate of drug-likeness (QED) is 0.437. The Bertz CT molecular complexity index is 842. The molecule has 0 amide bonds. The Labute approximate surface area is 179 Å². The van der Waals surface area contributed by atoms with Gasteiger partial charge in [0.2, 0.25) is 0 Å². The summed E-state index contributed by atoms with van der Waals surface area (Å²) in [5.74, 6) is -1.48. The van der Waals surface area contributed by atoms with Gasteiger partial charge in [0.1, 0.15) is 0 Å². The van der Waals surface area contributed by atoms with Gasteiger partial charge < -0.3 is 4.90 Å². The highest BCUT2D eigenvalue weighted by atomic mass is 19.2. The van der Waals surface area contributed by atoms with Crippen molar-refractivity contribution in [1.29, 1.82) is 5.26 Å². The Hall–Kier alpha value is -2.25. The van der Waals surface area contributed by atoms with Gasteiger partial charge in [-0.05, 0) is 80.8 Å². The second-order valence-electron chi connectivity index (χ2n) is 8.52. The molecule has 0 heterocycles. The third-order valence-electron chi connectivity index (χ3n) is 6.58. The number of rotatable bonds is 11. The van der Waals surface area contributed by atoms with Crippen molar-refractivity contribution >= 4 is 0 Å². The molecule has 160 valence electrons. The van der Waals surface area contributed by atoms with Crippen LogP contribution in [-0.4, -0.2) is 24.5 Å². The summed E-state index contributed by atoms with van der Waals surface area (Å²) < 4.78 is 27.4. The number of hydrogen-bond acceptors (Lipinski definition) is 2. The molecule has 0 bridgehead atoms. The van der Waals surface area contributed by atoms with Gasteiger partial charge in [0.15, 0.2) is 11.6 Å². The molecule has 0 aliphatic heterocycles. The molecule has 1 aliphatic rings. The molecule has 30 heavy (non-hydrogen) atoms. The molecule has 1 aliphatic carbocycles. The predicted molar refractivity (Wildman–Crippen MR) is 117 cm³/mol. The lowest BCUT2D eigenvalue weighted by atomic mass is 9.61. The van der Waals surface area contributed by atoms with E-state index in [0.717, 1.165) is 58.2 Å². The van der Waals surface area contributed by atoms with Crippen LogP contribution in [0.3, 0.4) is 0 Å². The van der Waals surface area contributed by atoms with Crippen LogP contribution in [0.2, 0.25) is 0 Å². The normalized spacial score (nSPS) is 16.1. The fourth-order valence-corrected chi connectivity index (χ4v) is 4.64. The van der Waals surface area contributed by atoms with Crippen molar-refractivity contribution in [3.8, 4) is 6.07 Å². The van der Waals surface area contributed by atoms with Gasteiger partial charge in [-0.1, -0.05) is 49.7 Å². The summed E-state index contributed by atoms with van der Waals surface area (Å²) in [5, 5.41) is 10.2. The van der Waals surface area contributed by atoms with Crippen LogP contribution in [0.15, 0.2) is 48.5 Å². The van der Waals surface area contributed by atoms with Crippen molar-refractivity contribution in [1.82, 2.24) is 4.90 Å². The highest BCUT2D eigenvalue weighted by molar-refractivity contribution is 5.35. The van der Waals surface area contributed by atoms with Gasteiger partial charge in [-0.15, -0.1) is 0 Å². The van der Waals surface area contributed by atoms with Crippen LogP contribution in [0.5, 0.6) is 0 Å². The maximum atomic E-state index is 14.0. The van der Waals surface area contributed by atoms with Crippen molar-refractivity contribution < 1.29 is 8.78 Å². The van der Waals surface area contributed by atoms with Gasteiger partial charge in [-0.2, -0.15) is 5.26 Å². The SMILES string of the molecule is CCCN(CCCC(C#N)(c1ccc(F)c(F)c1)C1CCC1)CCc1ccccc1. The van der Waals surface area contributed by atoms with Crippen molar-refractivity contribution in [2.24, 2.45) is 5.92 Å². The summed E-state index contributed by atoms with van der Waals surface area (Å²) in [5.41, 5.74) is 1.26. The maximum Gasteiger partial charge on any atom is 0.159 e. The molecule has 1 fully saturated rings. The zero-order valence-electron chi connectivity index (χ0n) is 17.9. The fourth-order valence-electron chi connectivity index (χ4n) is 4.64. The summed E-state index contributed by atoms with van der Waals surface area (Å²) in [6.07, 6.45) is 6.73. The second-order valence-corrected chi connectivity index (χ2v) is 8.52. The van der Waals surface area contributed by atoms with Crippen LogP contribution in [0, 0.1) is 28.9 Å². The first-order valence-corrected chi connectivity index (χ1v) is 11.2. The molecule has 4 heteroatoms. The lowest BCUT2D eigenvalue weighted by molar-refractivity contribution is 0.184. The molecule has 0 aromatic heterocycles. The van der Waals surface area contributed by atoms with Gasteiger partial charge in [0, 0.05) is 6.54 Å². The average molecular weight is 411 g/mol. The van der Waals surface area contributed by atoms with Gasteiger partial charge in [0.05, 0.1) is 11.5 Å². The first kappa shape index (κ1) is 22.4. The maximum absolute atomic E-state index is 14.0. The molecule has 2 aromatic carbocycles. The van der Waals surface area contributed by atoms with Crippen molar-refractivity contribution in [3.63, 3.8) is 0 Å². The summed E-state index contributed by atoms with van der Waals surface area (Å²) in [4.78, 5) is 2.46. The molecule has 0 N–H and O–H groups in total. The first-order valence-electron chi connectivity index (χ1n) is 11.2. The van der Waals surface area contributed by atoms with Crippen LogP contribution in [0.25, 0.3) is 0 Å². The van der Waals surface area contributed by atoms with E-state index in [4.69, 9.17) is 0 Å².